The Morgan fingerprint density at radius 2 is 1.94 bits per heavy atom. The molecular formula is C11H6Br2O3. The second-order valence-electron chi connectivity index (χ2n) is 3.07. The topological polar surface area (TPSA) is 50.4 Å². The van der Waals surface area contributed by atoms with Crippen LogP contribution in [0.4, 0.5) is 0 Å². The lowest BCUT2D eigenvalue weighted by Crippen LogP contribution is -1.96. The molecule has 0 aliphatic rings. The highest BCUT2D eigenvalue weighted by Crippen LogP contribution is 2.36. The summed E-state index contributed by atoms with van der Waals surface area (Å²) in [7, 11) is 0. The van der Waals surface area contributed by atoms with E-state index in [1.807, 2.05) is 18.2 Å². The third kappa shape index (κ3) is 1.92. The number of furan rings is 1. The van der Waals surface area contributed by atoms with Crippen molar-refractivity contribution >= 4 is 37.8 Å². The van der Waals surface area contributed by atoms with Crippen molar-refractivity contribution in [2.45, 2.75) is 0 Å². The summed E-state index contributed by atoms with van der Waals surface area (Å²) in [6, 6.07) is 7.17. The molecule has 1 N–H and O–H groups in total. The predicted molar refractivity (Wildman–Crippen MR) is 66.5 cm³/mol. The molecule has 0 fully saturated rings. The van der Waals surface area contributed by atoms with Gasteiger partial charge in [-0.25, -0.2) is 4.79 Å². The van der Waals surface area contributed by atoms with Gasteiger partial charge in [-0.05, 0) is 44.0 Å². The second-order valence-corrected chi connectivity index (χ2v) is 4.72. The molecule has 0 aliphatic heterocycles. The summed E-state index contributed by atoms with van der Waals surface area (Å²) in [5.41, 5.74) is 1.33. The zero-order chi connectivity index (χ0) is 11.7. The summed E-state index contributed by atoms with van der Waals surface area (Å²) >= 11 is 6.77. The number of aromatic carboxylic acids is 1. The van der Waals surface area contributed by atoms with Crippen LogP contribution >= 0.6 is 31.9 Å². The summed E-state index contributed by atoms with van der Waals surface area (Å²) in [6.45, 7) is 0. The molecule has 0 saturated heterocycles. The van der Waals surface area contributed by atoms with E-state index in [1.165, 1.54) is 6.26 Å². The molecule has 0 unspecified atom stereocenters. The normalized spacial score (nSPS) is 10.4. The first kappa shape index (κ1) is 11.4. The lowest BCUT2D eigenvalue weighted by molar-refractivity contribution is 0.0663. The highest BCUT2D eigenvalue weighted by Gasteiger charge is 2.17. The van der Waals surface area contributed by atoms with Gasteiger partial charge in [0.25, 0.3) is 0 Å². The SMILES string of the molecule is O=C(O)c1occc1-c1cccc(Br)c1Br. The minimum absolute atomic E-state index is 0.0567. The van der Waals surface area contributed by atoms with Crippen molar-refractivity contribution in [3.8, 4) is 11.1 Å². The van der Waals surface area contributed by atoms with E-state index >= 15 is 0 Å². The smallest absolute Gasteiger partial charge is 0.372 e. The summed E-state index contributed by atoms with van der Waals surface area (Å²) in [6.07, 6.45) is 1.37. The Balaban J connectivity index is 2.63. The van der Waals surface area contributed by atoms with Crippen molar-refractivity contribution in [3.05, 3.63) is 45.2 Å². The van der Waals surface area contributed by atoms with Gasteiger partial charge in [-0.1, -0.05) is 12.1 Å². The first-order chi connectivity index (χ1) is 7.61. The maximum Gasteiger partial charge on any atom is 0.372 e. The van der Waals surface area contributed by atoms with E-state index in [0.717, 1.165) is 14.5 Å². The molecule has 1 aromatic heterocycles. The van der Waals surface area contributed by atoms with Crippen LogP contribution in [-0.4, -0.2) is 11.1 Å². The number of rotatable bonds is 2. The molecule has 0 atom stereocenters. The number of hydrogen-bond donors (Lipinski definition) is 1. The van der Waals surface area contributed by atoms with E-state index in [0.29, 0.717) is 5.56 Å². The quantitative estimate of drug-likeness (QED) is 0.888. The van der Waals surface area contributed by atoms with E-state index in [9.17, 15) is 4.79 Å². The molecule has 0 aliphatic carbocycles. The van der Waals surface area contributed by atoms with E-state index in [1.54, 1.807) is 6.07 Å². The molecule has 0 amide bonds. The van der Waals surface area contributed by atoms with Crippen molar-refractivity contribution < 1.29 is 14.3 Å². The van der Waals surface area contributed by atoms with Crippen molar-refractivity contribution in [3.63, 3.8) is 0 Å². The fourth-order valence-electron chi connectivity index (χ4n) is 1.40. The number of halogens is 2. The number of benzene rings is 1. The summed E-state index contributed by atoms with van der Waals surface area (Å²) in [5.74, 6) is -1.13. The van der Waals surface area contributed by atoms with E-state index in [-0.39, 0.29) is 5.76 Å². The average molecular weight is 346 g/mol. The van der Waals surface area contributed by atoms with Gasteiger partial charge < -0.3 is 9.52 Å². The Kier molecular flexibility index (Phi) is 3.16. The van der Waals surface area contributed by atoms with Gasteiger partial charge in [-0.3, -0.25) is 0 Å². The van der Waals surface area contributed by atoms with Gasteiger partial charge in [0.15, 0.2) is 0 Å². The molecule has 1 heterocycles. The Morgan fingerprint density at radius 1 is 1.19 bits per heavy atom. The maximum atomic E-state index is 10.9. The molecule has 82 valence electrons. The highest BCUT2D eigenvalue weighted by molar-refractivity contribution is 9.13. The largest absolute Gasteiger partial charge is 0.475 e. The minimum Gasteiger partial charge on any atom is -0.475 e. The molecule has 3 nitrogen and oxygen atoms in total. The predicted octanol–water partition coefficient (Wildman–Crippen LogP) is 4.17. The maximum absolute atomic E-state index is 10.9. The lowest BCUT2D eigenvalue weighted by Gasteiger charge is -2.04. The lowest BCUT2D eigenvalue weighted by atomic mass is 10.1. The average Bonchev–Trinajstić information content (AvgIpc) is 2.70. The monoisotopic (exact) mass is 344 g/mol. The van der Waals surface area contributed by atoms with Crippen LogP contribution < -0.4 is 0 Å². The van der Waals surface area contributed by atoms with Gasteiger partial charge in [-0.2, -0.15) is 0 Å². The highest BCUT2D eigenvalue weighted by atomic mass is 79.9. The Morgan fingerprint density at radius 3 is 2.62 bits per heavy atom. The van der Waals surface area contributed by atoms with E-state index < -0.39 is 5.97 Å². The molecule has 0 spiro atoms. The van der Waals surface area contributed by atoms with Crippen molar-refractivity contribution in [2.24, 2.45) is 0 Å². The van der Waals surface area contributed by atoms with Crippen LogP contribution in [0.2, 0.25) is 0 Å². The van der Waals surface area contributed by atoms with Crippen molar-refractivity contribution in [2.75, 3.05) is 0 Å². The zero-order valence-corrected chi connectivity index (χ0v) is 11.1. The molecule has 16 heavy (non-hydrogen) atoms. The number of carbonyl (C=O) groups is 1. The van der Waals surface area contributed by atoms with Crippen molar-refractivity contribution in [1.82, 2.24) is 0 Å². The molecule has 0 saturated carbocycles. The van der Waals surface area contributed by atoms with Crippen LogP contribution in [0.5, 0.6) is 0 Å². The molecule has 0 radical (unpaired) electrons. The van der Waals surface area contributed by atoms with Gasteiger partial charge in [0, 0.05) is 20.1 Å². The number of hydrogen-bond acceptors (Lipinski definition) is 2. The minimum atomic E-state index is -1.08. The Hall–Kier alpha value is -1.07. The standard InChI is InChI=1S/C11H6Br2O3/c12-8-3-1-2-6(9(8)13)7-4-5-16-10(7)11(14)15/h1-5H,(H,14,15). The molecule has 5 heteroatoms. The van der Waals surface area contributed by atoms with Crippen LogP contribution in [0, 0.1) is 0 Å². The first-order valence-electron chi connectivity index (χ1n) is 4.36. The van der Waals surface area contributed by atoms with Gasteiger partial charge >= 0.3 is 5.97 Å². The Bertz CT molecular complexity index is 546. The molecule has 2 rings (SSSR count). The van der Waals surface area contributed by atoms with Gasteiger partial charge in [-0.15, -0.1) is 0 Å². The molecule has 2 aromatic rings. The third-order valence-electron chi connectivity index (χ3n) is 2.10. The van der Waals surface area contributed by atoms with E-state index in [2.05, 4.69) is 31.9 Å². The third-order valence-corrected chi connectivity index (χ3v) is 4.15. The number of carboxylic acids is 1. The van der Waals surface area contributed by atoms with Crippen LogP contribution in [0.3, 0.4) is 0 Å². The second kappa shape index (κ2) is 4.43. The molecular weight excluding hydrogens is 340 g/mol. The zero-order valence-electron chi connectivity index (χ0n) is 7.91. The van der Waals surface area contributed by atoms with Gasteiger partial charge in [0.05, 0.1) is 6.26 Å². The fraction of sp³-hybridized carbons (Fsp3) is 0. The van der Waals surface area contributed by atoms with E-state index in [4.69, 9.17) is 9.52 Å². The van der Waals surface area contributed by atoms with Gasteiger partial charge in [0.1, 0.15) is 0 Å². The van der Waals surface area contributed by atoms with Crippen LogP contribution in [0.1, 0.15) is 10.6 Å². The first-order valence-corrected chi connectivity index (χ1v) is 5.95. The van der Waals surface area contributed by atoms with Crippen molar-refractivity contribution in [1.29, 1.82) is 0 Å². The molecule has 1 aromatic carbocycles. The molecule has 0 bridgehead atoms. The summed E-state index contributed by atoms with van der Waals surface area (Å²) in [5, 5.41) is 8.96. The van der Waals surface area contributed by atoms with Crippen LogP contribution in [0.25, 0.3) is 11.1 Å². The van der Waals surface area contributed by atoms with Crippen LogP contribution in [-0.2, 0) is 0 Å². The van der Waals surface area contributed by atoms with Crippen LogP contribution in [0.15, 0.2) is 43.9 Å². The van der Waals surface area contributed by atoms with Gasteiger partial charge in [0.2, 0.25) is 5.76 Å². The fourth-order valence-corrected chi connectivity index (χ4v) is 2.24. The summed E-state index contributed by atoms with van der Waals surface area (Å²) in [4.78, 5) is 10.9. The Labute approximate surface area is 108 Å². The number of carboxylic acid groups (broad SMARTS) is 1. The summed E-state index contributed by atoms with van der Waals surface area (Å²) < 4.78 is 6.61.